The van der Waals surface area contributed by atoms with Crippen LogP contribution in [-0.4, -0.2) is 36.5 Å². The van der Waals surface area contributed by atoms with Crippen LogP contribution in [0, 0.1) is 11.8 Å². The third-order valence-electron chi connectivity index (χ3n) is 3.24. The maximum atomic E-state index is 12.2. The molecule has 1 heterocycles. The van der Waals surface area contributed by atoms with E-state index in [0.717, 1.165) is 26.1 Å². The first kappa shape index (κ1) is 10.9. The summed E-state index contributed by atoms with van der Waals surface area (Å²) in [5.41, 5.74) is 0. The van der Waals surface area contributed by atoms with Gasteiger partial charge in [0.1, 0.15) is 0 Å². The number of nitrogens with one attached hydrogen (secondary N) is 1. The zero-order valence-electron chi connectivity index (χ0n) is 9.83. The molecule has 0 aromatic carbocycles. The van der Waals surface area contributed by atoms with Crippen molar-refractivity contribution in [2.45, 2.75) is 39.2 Å². The largest absolute Gasteiger partial charge is 0.339 e. The van der Waals surface area contributed by atoms with Crippen molar-refractivity contribution in [3.8, 4) is 0 Å². The second-order valence-electron chi connectivity index (χ2n) is 5.31. The van der Waals surface area contributed by atoms with Gasteiger partial charge in [0, 0.05) is 19.1 Å². The van der Waals surface area contributed by atoms with Gasteiger partial charge in [-0.3, -0.25) is 4.79 Å². The molecule has 0 unspecified atom stereocenters. The van der Waals surface area contributed by atoms with E-state index in [9.17, 15) is 4.79 Å². The first-order valence-corrected chi connectivity index (χ1v) is 6.19. The normalized spacial score (nSPS) is 25.9. The molecule has 1 saturated carbocycles. The average Bonchev–Trinajstić information content (AvgIpc) is 2.88. The van der Waals surface area contributed by atoms with Crippen molar-refractivity contribution >= 4 is 5.91 Å². The van der Waals surface area contributed by atoms with E-state index < -0.39 is 0 Å². The van der Waals surface area contributed by atoms with Crippen LogP contribution < -0.4 is 5.32 Å². The maximum Gasteiger partial charge on any atom is 0.227 e. The molecule has 1 aliphatic carbocycles. The number of carbonyl (C=O) groups is 1. The van der Waals surface area contributed by atoms with Gasteiger partial charge in [0.05, 0.1) is 5.92 Å². The third kappa shape index (κ3) is 2.71. The zero-order valence-corrected chi connectivity index (χ0v) is 9.83. The van der Waals surface area contributed by atoms with E-state index in [0.29, 0.717) is 17.9 Å². The summed E-state index contributed by atoms with van der Waals surface area (Å²) in [5.74, 6) is 1.24. The number of hydrogen-bond donors (Lipinski definition) is 1. The molecule has 1 saturated heterocycles. The van der Waals surface area contributed by atoms with Crippen molar-refractivity contribution in [2.24, 2.45) is 11.8 Å². The number of carbonyl (C=O) groups excluding carboxylic acids is 1. The maximum absolute atomic E-state index is 12.2. The van der Waals surface area contributed by atoms with Crippen LogP contribution in [0.4, 0.5) is 0 Å². The van der Waals surface area contributed by atoms with Crippen molar-refractivity contribution in [3.05, 3.63) is 0 Å². The highest BCUT2D eigenvalue weighted by atomic mass is 16.2. The van der Waals surface area contributed by atoms with Gasteiger partial charge >= 0.3 is 0 Å². The molecule has 0 spiro atoms. The molecule has 3 heteroatoms. The van der Waals surface area contributed by atoms with Gasteiger partial charge in [0.25, 0.3) is 0 Å². The standard InChI is InChI=1S/C12H22N2O/c1-9(2)8-14(11-3-4-11)12(15)10-5-6-13-7-10/h9-11,13H,3-8H2,1-2H3/t10-/m1/s1. The Hall–Kier alpha value is -0.570. The molecular formula is C12H22N2O. The van der Waals surface area contributed by atoms with Crippen molar-refractivity contribution in [2.75, 3.05) is 19.6 Å². The second kappa shape index (κ2) is 4.52. The molecule has 2 rings (SSSR count). The number of hydrogen-bond acceptors (Lipinski definition) is 2. The molecule has 0 radical (unpaired) electrons. The lowest BCUT2D eigenvalue weighted by Crippen LogP contribution is -2.40. The minimum absolute atomic E-state index is 0.254. The Labute approximate surface area is 92.2 Å². The van der Waals surface area contributed by atoms with Crippen LogP contribution >= 0.6 is 0 Å². The SMILES string of the molecule is CC(C)CN(C(=O)[C@@H]1CCNC1)C1CC1. The van der Waals surface area contributed by atoms with Crippen LogP contribution in [0.2, 0.25) is 0 Å². The van der Waals surface area contributed by atoms with Gasteiger partial charge in [0.2, 0.25) is 5.91 Å². The molecule has 3 nitrogen and oxygen atoms in total. The van der Waals surface area contributed by atoms with E-state index >= 15 is 0 Å². The fourth-order valence-corrected chi connectivity index (χ4v) is 2.30. The summed E-state index contributed by atoms with van der Waals surface area (Å²) >= 11 is 0. The van der Waals surface area contributed by atoms with Crippen molar-refractivity contribution in [1.29, 1.82) is 0 Å². The van der Waals surface area contributed by atoms with Crippen LogP contribution in [0.25, 0.3) is 0 Å². The molecule has 0 aromatic rings. The minimum atomic E-state index is 0.254. The number of amides is 1. The summed E-state index contributed by atoms with van der Waals surface area (Å²) in [6, 6.07) is 0.570. The van der Waals surface area contributed by atoms with E-state index in [4.69, 9.17) is 0 Å². The Balaban J connectivity index is 1.93. The second-order valence-corrected chi connectivity index (χ2v) is 5.31. The van der Waals surface area contributed by atoms with Gasteiger partial charge in [-0.2, -0.15) is 0 Å². The Bertz CT molecular complexity index is 230. The van der Waals surface area contributed by atoms with Crippen LogP contribution in [0.5, 0.6) is 0 Å². The molecule has 2 fully saturated rings. The van der Waals surface area contributed by atoms with E-state index in [1.807, 2.05) is 0 Å². The predicted molar refractivity (Wildman–Crippen MR) is 60.5 cm³/mol. The van der Waals surface area contributed by atoms with E-state index in [1.165, 1.54) is 12.8 Å². The number of nitrogens with zero attached hydrogens (tertiary/aromatic N) is 1. The first-order chi connectivity index (χ1) is 7.18. The van der Waals surface area contributed by atoms with E-state index in [-0.39, 0.29) is 5.92 Å². The Morgan fingerprint density at radius 2 is 2.13 bits per heavy atom. The molecule has 2 aliphatic rings. The predicted octanol–water partition coefficient (Wildman–Crippen LogP) is 1.24. The quantitative estimate of drug-likeness (QED) is 0.757. The van der Waals surface area contributed by atoms with Gasteiger partial charge in [-0.1, -0.05) is 13.8 Å². The van der Waals surface area contributed by atoms with Crippen molar-refractivity contribution in [3.63, 3.8) is 0 Å². The van der Waals surface area contributed by atoms with E-state index in [1.54, 1.807) is 0 Å². The lowest BCUT2D eigenvalue weighted by atomic mass is 10.1. The first-order valence-electron chi connectivity index (χ1n) is 6.19. The lowest BCUT2D eigenvalue weighted by Gasteiger charge is -2.27. The molecule has 86 valence electrons. The van der Waals surface area contributed by atoms with Crippen LogP contribution in [-0.2, 0) is 4.79 Å². The van der Waals surface area contributed by atoms with Gasteiger partial charge in [-0.05, 0) is 31.7 Å². The molecule has 0 bridgehead atoms. The summed E-state index contributed by atoms with van der Waals surface area (Å²) in [6.07, 6.45) is 3.47. The molecule has 1 atom stereocenters. The molecular weight excluding hydrogens is 188 g/mol. The zero-order chi connectivity index (χ0) is 10.8. The molecule has 1 N–H and O–H groups in total. The fraction of sp³-hybridized carbons (Fsp3) is 0.917. The summed E-state index contributed by atoms with van der Waals surface area (Å²) < 4.78 is 0. The van der Waals surface area contributed by atoms with Crippen molar-refractivity contribution < 1.29 is 4.79 Å². The summed E-state index contributed by atoms with van der Waals surface area (Å²) in [5, 5.41) is 3.27. The summed E-state index contributed by atoms with van der Waals surface area (Å²) in [7, 11) is 0. The minimum Gasteiger partial charge on any atom is -0.339 e. The Morgan fingerprint density at radius 3 is 2.60 bits per heavy atom. The number of rotatable bonds is 4. The molecule has 0 aromatic heterocycles. The molecule has 1 amide bonds. The monoisotopic (exact) mass is 210 g/mol. The topological polar surface area (TPSA) is 32.3 Å². The fourth-order valence-electron chi connectivity index (χ4n) is 2.30. The highest BCUT2D eigenvalue weighted by Crippen LogP contribution is 2.29. The Kier molecular flexibility index (Phi) is 3.29. The highest BCUT2D eigenvalue weighted by molar-refractivity contribution is 5.80. The van der Waals surface area contributed by atoms with Crippen LogP contribution in [0.3, 0.4) is 0 Å². The van der Waals surface area contributed by atoms with Gasteiger partial charge < -0.3 is 10.2 Å². The van der Waals surface area contributed by atoms with E-state index in [2.05, 4.69) is 24.1 Å². The average molecular weight is 210 g/mol. The highest BCUT2D eigenvalue weighted by Gasteiger charge is 2.36. The smallest absolute Gasteiger partial charge is 0.227 e. The van der Waals surface area contributed by atoms with Gasteiger partial charge in [0.15, 0.2) is 0 Å². The van der Waals surface area contributed by atoms with Crippen molar-refractivity contribution in [1.82, 2.24) is 10.2 Å². The Morgan fingerprint density at radius 1 is 1.40 bits per heavy atom. The van der Waals surface area contributed by atoms with Crippen LogP contribution in [0.1, 0.15) is 33.1 Å². The molecule has 1 aliphatic heterocycles. The van der Waals surface area contributed by atoms with Gasteiger partial charge in [-0.15, -0.1) is 0 Å². The summed E-state index contributed by atoms with van der Waals surface area (Å²) in [4.78, 5) is 14.4. The lowest BCUT2D eigenvalue weighted by molar-refractivity contribution is -0.136. The molecule has 15 heavy (non-hydrogen) atoms. The summed E-state index contributed by atoms with van der Waals surface area (Å²) in [6.45, 7) is 7.22. The van der Waals surface area contributed by atoms with Gasteiger partial charge in [-0.25, -0.2) is 0 Å². The third-order valence-corrected chi connectivity index (χ3v) is 3.24. The van der Waals surface area contributed by atoms with Crippen LogP contribution in [0.15, 0.2) is 0 Å².